The average molecular weight is 329 g/mol. The molecule has 0 nitrogen and oxygen atoms in total. The SMILES string of the molecule is Br.C[CH](C)[Sn]([CH](C)C)[CH](C)C. The van der Waals surface area contributed by atoms with Crippen molar-refractivity contribution in [3.63, 3.8) is 0 Å². The average Bonchev–Trinajstić information content (AvgIpc) is 1.59. The molecule has 0 aliphatic rings. The van der Waals surface area contributed by atoms with Gasteiger partial charge in [-0.05, 0) is 0 Å². The zero-order valence-corrected chi connectivity index (χ0v) is 13.2. The van der Waals surface area contributed by atoms with E-state index in [1.165, 1.54) is 0 Å². The van der Waals surface area contributed by atoms with Gasteiger partial charge in [0.05, 0.1) is 0 Å². The van der Waals surface area contributed by atoms with Crippen molar-refractivity contribution in [2.45, 2.75) is 53.3 Å². The molecule has 0 aliphatic carbocycles. The third-order valence-corrected chi connectivity index (χ3v) is 13.4. The van der Waals surface area contributed by atoms with E-state index in [-0.39, 0.29) is 17.0 Å². The first-order valence-electron chi connectivity index (χ1n) is 4.33. The van der Waals surface area contributed by atoms with Gasteiger partial charge in [0.2, 0.25) is 0 Å². The second-order valence-electron chi connectivity index (χ2n) is 3.96. The Morgan fingerprint density at radius 3 is 0.818 bits per heavy atom. The van der Waals surface area contributed by atoms with Crippen LogP contribution in [0.1, 0.15) is 41.5 Å². The standard InChI is InChI=1S/3C3H7.BrH.Sn/c3*1-3-2;;/h3*3H,1-2H3;1H;. The van der Waals surface area contributed by atoms with Crippen LogP contribution >= 0.6 is 17.0 Å². The van der Waals surface area contributed by atoms with Gasteiger partial charge in [-0.1, -0.05) is 0 Å². The molecular formula is C9H22BrSn. The minimum absolute atomic E-state index is 0. The van der Waals surface area contributed by atoms with Crippen molar-refractivity contribution in [2.75, 3.05) is 0 Å². The molecule has 0 heterocycles. The van der Waals surface area contributed by atoms with Crippen LogP contribution in [0, 0.1) is 0 Å². The third-order valence-electron chi connectivity index (χ3n) is 2.00. The van der Waals surface area contributed by atoms with E-state index in [0.29, 0.717) is 0 Å². The molecule has 0 spiro atoms. The van der Waals surface area contributed by atoms with Crippen molar-refractivity contribution in [1.29, 1.82) is 0 Å². The van der Waals surface area contributed by atoms with Crippen LogP contribution in [-0.2, 0) is 0 Å². The summed E-state index contributed by atoms with van der Waals surface area (Å²) >= 11 is -1.01. The van der Waals surface area contributed by atoms with Crippen LogP contribution in [0.25, 0.3) is 0 Å². The molecule has 0 rings (SSSR count). The Balaban J connectivity index is 0. The molecule has 0 aromatic rings. The fourth-order valence-electron chi connectivity index (χ4n) is 2.00. The summed E-state index contributed by atoms with van der Waals surface area (Å²) in [6.07, 6.45) is 0. The van der Waals surface area contributed by atoms with Gasteiger partial charge in [0.25, 0.3) is 0 Å². The van der Waals surface area contributed by atoms with E-state index in [1.807, 2.05) is 0 Å². The predicted molar refractivity (Wildman–Crippen MR) is 61.4 cm³/mol. The van der Waals surface area contributed by atoms with Gasteiger partial charge in [-0.25, -0.2) is 0 Å². The van der Waals surface area contributed by atoms with Crippen LogP contribution in [0.3, 0.4) is 0 Å². The maximum atomic E-state index is 2.41. The molecule has 0 N–H and O–H groups in total. The Bertz CT molecular complexity index is 70.5. The summed E-state index contributed by atoms with van der Waals surface area (Å²) in [7, 11) is 0. The van der Waals surface area contributed by atoms with Crippen molar-refractivity contribution in [2.24, 2.45) is 0 Å². The van der Waals surface area contributed by atoms with Crippen molar-refractivity contribution in [3.8, 4) is 0 Å². The fraction of sp³-hybridized carbons (Fsp3) is 1.00. The van der Waals surface area contributed by atoms with Crippen LogP contribution in [0.2, 0.25) is 11.8 Å². The van der Waals surface area contributed by atoms with Crippen LogP contribution in [0.15, 0.2) is 0 Å². The van der Waals surface area contributed by atoms with Gasteiger partial charge >= 0.3 is 73.1 Å². The van der Waals surface area contributed by atoms with E-state index in [0.717, 1.165) is 11.8 Å². The molecule has 2 heteroatoms. The summed E-state index contributed by atoms with van der Waals surface area (Å²) in [4.78, 5) is 0. The van der Waals surface area contributed by atoms with Crippen molar-refractivity contribution in [1.82, 2.24) is 0 Å². The van der Waals surface area contributed by atoms with Crippen LogP contribution < -0.4 is 0 Å². The van der Waals surface area contributed by atoms with Gasteiger partial charge in [-0.15, -0.1) is 17.0 Å². The molecule has 1 radical (unpaired) electrons. The monoisotopic (exact) mass is 329 g/mol. The van der Waals surface area contributed by atoms with Gasteiger partial charge < -0.3 is 0 Å². The number of rotatable bonds is 3. The number of hydrogen-bond acceptors (Lipinski definition) is 0. The van der Waals surface area contributed by atoms with E-state index in [9.17, 15) is 0 Å². The molecule has 0 aliphatic heterocycles. The van der Waals surface area contributed by atoms with E-state index < -0.39 is 19.8 Å². The van der Waals surface area contributed by atoms with Crippen LogP contribution in [-0.4, -0.2) is 19.8 Å². The molecule has 0 aromatic heterocycles. The molecule has 0 saturated heterocycles. The molecule has 0 amide bonds. The van der Waals surface area contributed by atoms with Gasteiger partial charge in [0.1, 0.15) is 0 Å². The first kappa shape index (κ1) is 14.8. The van der Waals surface area contributed by atoms with Gasteiger partial charge in [-0.3, -0.25) is 0 Å². The molecule has 0 saturated carbocycles. The minimum atomic E-state index is -1.01. The maximum absolute atomic E-state index is 2.41. The molecular weight excluding hydrogens is 307 g/mol. The summed E-state index contributed by atoms with van der Waals surface area (Å²) in [5.74, 6) is 0. The van der Waals surface area contributed by atoms with E-state index >= 15 is 0 Å². The molecule has 0 aromatic carbocycles. The number of halogens is 1. The van der Waals surface area contributed by atoms with Gasteiger partial charge in [0.15, 0.2) is 0 Å². The molecule has 0 fully saturated rings. The fourth-order valence-corrected chi connectivity index (χ4v) is 13.4. The normalized spacial score (nSPS) is 11.5. The molecule has 11 heavy (non-hydrogen) atoms. The summed E-state index contributed by atoms with van der Waals surface area (Å²) in [6, 6.07) is 0. The van der Waals surface area contributed by atoms with E-state index in [1.54, 1.807) is 0 Å². The van der Waals surface area contributed by atoms with Crippen molar-refractivity contribution in [3.05, 3.63) is 0 Å². The first-order chi connectivity index (χ1) is 4.46. The van der Waals surface area contributed by atoms with E-state index in [2.05, 4.69) is 41.5 Å². The summed E-state index contributed by atoms with van der Waals surface area (Å²) in [5.41, 5.74) is 0. The van der Waals surface area contributed by atoms with Crippen LogP contribution in [0.4, 0.5) is 0 Å². The topological polar surface area (TPSA) is 0 Å². The molecule has 0 atom stereocenters. The van der Waals surface area contributed by atoms with E-state index in [4.69, 9.17) is 0 Å². The molecule has 0 unspecified atom stereocenters. The van der Waals surface area contributed by atoms with Crippen LogP contribution in [0.5, 0.6) is 0 Å². The Morgan fingerprint density at radius 1 is 0.636 bits per heavy atom. The van der Waals surface area contributed by atoms with Crippen molar-refractivity contribution >= 4 is 36.7 Å². The summed E-state index contributed by atoms with van der Waals surface area (Å²) in [5, 5.41) is 0. The predicted octanol–water partition coefficient (Wildman–Crippen LogP) is 4.29. The second-order valence-corrected chi connectivity index (χ2v) is 16.7. The second kappa shape index (κ2) is 6.76. The Kier molecular flexibility index (Phi) is 9.08. The summed E-state index contributed by atoms with van der Waals surface area (Å²) in [6.45, 7) is 14.5. The number of hydrogen-bond donors (Lipinski definition) is 0. The zero-order chi connectivity index (χ0) is 8.31. The Labute approximate surface area is 89.7 Å². The van der Waals surface area contributed by atoms with Gasteiger partial charge in [-0.2, -0.15) is 0 Å². The Hall–Kier alpha value is 1.28. The zero-order valence-electron chi connectivity index (χ0n) is 8.64. The molecule has 0 bridgehead atoms. The van der Waals surface area contributed by atoms with Gasteiger partial charge in [0, 0.05) is 0 Å². The first-order valence-corrected chi connectivity index (χ1v) is 9.27. The van der Waals surface area contributed by atoms with Crippen molar-refractivity contribution < 1.29 is 0 Å². The third kappa shape index (κ3) is 5.51. The quantitative estimate of drug-likeness (QED) is 0.678. The molecule has 69 valence electrons. The summed E-state index contributed by atoms with van der Waals surface area (Å²) < 4.78 is 3.09. The Morgan fingerprint density at radius 2 is 0.818 bits per heavy atom.